The molecule has 1 amide bonds. The molecule has 0 spiro atoms. The summed E-state index contributed by atoms with van der Waals surface area (Å²) in [6.45, 7) is 0. The average molecular weight is 414 g/mol. The number of hydrogen-bond acceptors (Lipinski definition) is 6. The van der Waals surface area contributed by atoms with Crippen molar-refractivity contribution in [2.75, 3.05) is 0 Å². The van der Waals surface area contributed by atoms with Gasteiger partial charge in [0.25, 0.3) is 11.6 Å². The Labute approximate surface area is 168 Å². The lowest BCUT2D eigenvalue weighted by Crippen LogP contribution is -2.17. The van der Waals surface area contributed by atoms with Crippen molar-refractivity contribution in [2.24, 2.45) is 5.10 Å². The Balaban J connectivity index is 1.68. The lowest BCUT2D eigenvalue weighted by molar-refractivity contribution is -0.384. The summed E-state index contributed by atoms with van der Waals surface area (Å²) in [7, 11) is 0. The molecular formula is C19H12ClN3O6. The van der Waals surface area contributed by atoms with Gasteiger partial charge in [-0.25, -0.2) is 10.2 Å². The minimum absolute atomic E-state index is 0.0207. The first kappa shape index (κ1) is 19.8. The SMILES string of the molecule is O=C(N/N=C/c1ccc(-c2ccc(C(=O)O)c(Cl)c2)o1)c1cccc([N+](=O)[O-])c1. The predicted molar refractivity (Wildman–Crippen MR) is 104 cm³/mol. The molecule has 2 aromatic carbocycles. The molecule has 0 bridgehead atoms. The predicted octanol–water partition coefficient (Wildman–Crippen LogP) is 3.97. The molecule has 3 rings (SSSR count). The van der Waals surface area contributed by atoms with Gasteiger partial charge in [-0.1, -0.05) is 23.7 Å². The van der Waals surface area contributed by atoms with Crippen LogP contribution in [0.4, 0.5) is 5.69 Å². The molecule has 0 unspecified atom stereocenters. The molecule has 0 atom stereocenters. The van der Waals surface area contributed by atoms with Gasteiger partial charge in [-0.2, -0.15) is 5.10 Å². The van der Waals surface area contributed by atoms with Crippen molar-refractivity contribution in [3.05, 3.63) is 86.6 Å². The maximum absolute atomic E-state index is 12.0. The van der Waals surface area contributed by atoms with E-state index in [1.807, 2.05) is 0 Å². The van der Waals surface area contributed by atoms with Crippen molar-refractivity contribution in [3.63, 3.8) is 0 Å². The first-order valence-corrected chi connectivity index (χ1v) is 8.44. The highest BCUT2D eigenvalue weighted by atomic mass is 35.5. The van der Waals surface area contributed by atoms with Gasteiger partial charge < -0.3 is 9.52 Å². The first-order chi connectivity index (χ1) is 13.8. The normalized spacial score (nSPS) is 10.8. The molecule has 146 valence electrons. The van der Waals surface area contributed by atoms with E-state index in [4.69, 9.17) is 21.1 Å². The minimum Gasteiger partial charge on any atom is -0.478 e. The van der Waals surface area contributed by atoms with Crippen molar-refractivity contribution in [1.82, 2.24) is 5.43 Å². The van der Waals surface area contributed by atoms with Gasteiger partial charge in [0.05, 0.1) is 21.7 Å². The summed E-state index contributed by atoms with van der Waals surface area (Å²) >= 11 is 5.95. The Morgan fingerprint density at radius 2 is 1.97 bits per heavy atom. The number of carboxylic acids is 1. The molecule has 2 N–H and O–H groups in total. The Kier molecular flexibility index (Phi) is 5.70. The van der Waals surface area contributed by atoms with Crippen LogP contribution in [0.2, 0.25) is 5.02 Å². The molecule has 1 heterocycles. The van der Waals surface area contributed by atoms with Gasteiger partial charge in [0.15, 0.2) is 0 Å². The zero-order chi connectivity index (χ0) is 21.0. The summed E-state index contributed by atoms with van der Waals surface area (Å²) in [5, 5.41) is 23.6. The Hall–Kier alpha value is -3.98. The van der Waals surface area contributed by atoms with Crippen LogP contribution in [0.1, 0.15) is 26.5 Å². The number of nitro groups is 1. The maximum atomic E-state index is 12.0. The Morgan fingerprint density at radius 1 is 1.17 bits per heavy atom. The second-order valence-corrected chi connectivity index (χ2v) is 6.12. The molecule has 0 radical (unpaired) electrons. The van der Waals surface area contributed by atoms with Gasteiger partial charge in [-0.3, -0.25) is 14.9 Å². The number of nitro benzene ring substituents is 1. The molecule has 0 fully saturated rings. The number of non-ortho nitro benzene ring substituents is 1. The standard InChI is InChI=1S/C19H12ClN3O6/c20-16-9-11(4-6-15(16)19(25)26)17-7-5-14(29-17)10-21-22-18(24)12-2-1-3-13(8-12)23(27)28/h1-10H,(H,22,24)(H,25,26)/b21-10+. The topological polar surface area (TPSA) is 135 Å². The molecular weight excluding hydrogens is 402 g/mol. The second kappa shape index (κ2) is 8.36. The molecule has 0 saturated heterocycles. The van der Waals surface area contributed by atoms with Crippen LogP contribution in [0.3, 0.4) is 0 Å². The third-order valence-electron chi connectivity index (χ3n) is 3.79. The Morgan fingerprint density at radius 3 is 2.66 bits per heavy atom. The van der Waals surface area contributed by atoms with Gasteiger partial charge >= 0.3 is 5.97 Å². The summed E-state index contributed by atoms with van der Waals surface area (Å²) < 4.78 is 5.57. The van der Waals surface area contributed by atoms with E-state index in [1.54, 1.807) is 18.2 Å². The highest BCUT2D eigenvalue weighted by Gasteiger charge is 2.12. The highest BCUT2D eigenvalue weighted by molar-refractivity contribution is 6.33. The van der Waals surface area contributed by atoms with E-state index in [9.17, 15) is 19.7 Å². The zero-order valence-electron chi connectivity index (χ0n) is 14.5. The number of carbonyl (C=O) groups is 2. The minimum atomic E-state index is -1.13. The number of nitrogens with zero attached hydrogens (tertiary/aromatic N) is 2. The van der Waals surface area contributed by atoms with E-state index in [0.29, 0.717) is 17.1 Å². The molecule has 9 nitrogen and oxygen atoms in total. The van der Waals surface area contributed by atoms with Crippen molar-refractivity contribution >= 4 is 35.4 Å². The van der Waals surface area contributed by atoms with Crippen LogP contribution >= 0.6 is 11.6 Å². The summed E-state index contributed by atoms with van der Waals surface area (Å²) in [6, 6.07) is 12.9. The van der Waals surface area contributed by atoms with Crippen LogP contribution in [0.15, 0.2) is 64.1 Å². The molecule has 0 aliphatic heterocycles. The summed E-state index contributed by atoms with van der Waals surface area (Å²) in [5.74, 6) is -1.01. The van der Waals surface area contributed by atoms with Crippen LogP contribution in [-0.2, 0) is 0 Å². The number of aromatic carboxylic acids is 1. The van der Waals surface area contributed by atoms with Crippen LogP contribution in [0, 0.1) is 10.1 Å². The van der Waals surface area contributed by atoms with Crippen molar-refractivity contribution in [3.8, 4) is 11.3 Å². The quantitative estimate of drug-likeness (QED) is 0.356. The summed E-state index contributed by atoms with van der Waals surface area (Å²) in [4.78, 5) is 33.2. The monoisotopic (exact) mass is 413 g/mol. The number of halogens is 1. The number of carboxylic acid groups (broad SMARTS) is 1. The Bertz CT molecular complexity index is 1140. The van der Waals surface area contributed by atoms with Gasteiger partial charge in [0.1, 0.15) is 11.5 Å². The van der Waals surface area contributed by atoms with Crippen molar-refractivity contribution in [2.45, 2.75) is 0 Å². The number of amides is 1. The van der Waals surface area contributed by atoms with E-state index in [0.717, 1.165) is 6.07 Å². The number of rotatable bonds is 6. The van der Waals surface area contributed by atoms with Gasteiger partial charge in [0, 0.05) is 23.3 Å². The van der Waals surface area contributed by atoms with E-state index < -0.39 is 16.8 Å². The molecule has 0 saturated carbocycles. The summed E-state index contributed by atoms with van der Waals surface area (Å²) in [5.41, 5.74) is 2.69. The van der Waals surface area contributed by atoms with Crippen molar-refractivity contribution < 1.29 is 24.0 Å². The lowest BCUT2D eigenvalue weighted by Gasteiger charge is -2.01. The number of nitrogens with one attached hydrogen (secondary N) is 1. The number of hydrogen-bond donors (Lipinski definition) is 2. The number of benzene rings is 2. The van der Waals surface area contributed by atoms with Crippen LogP contribution in [-0.4, -0.2) is 28.1 Å². The molecule has 1 aromatic heterocycles. The number of hydrazone groups is 1. The van der Waals surface area contributed by atoms with E-state index in [2.05, 4.69) is 10.5 Å². The highest BCUT2D eigenvalue weighted by Crippen LogP contribution is 2.27. The first-order valence-electron chi connectivity index (χ1n) is 8.06. The fourth-order valence-electron chi connectivity index (χ4n) is 2.40. The zero-order valence-corrected chi connectivity index (χ0v) is 15.3. The van der Waals surface area contributed by atoms with Crippen molar-refractivity contribution in [1.29, 1.82) is 0 Å². The maximum Gasteiger partial charge on any atom is 0.337 e. The fraction of sp³-hybridized carbons (Fsp3) is 0. The van der Waals surface area contributed by atoms with Crippen LogP contribution in [0.5, 0.6) is 0 Å². The fourth-order valence-corrected chi connectivity index (χ4v) is 2.66. The molecule has 0 aliphatic rings. The van der Waals surface area contributed by atoms with E-state index in [-0.39, 0.29) is 21.8 Å². The smallest absolute Gasteiger partial charge is 0.337 e. The molecule has 0 aliphatic carbocycles. The average Bonchev–Trinajstić information content (AvgIpc) is 3.16. The largest absolute Gasteiger partial charge is 0.478 e. The van der Waals surface area contributed by atoms with Gasteiger partial charge in [-0.15, -0.1) is 0 Å². The van der Waals surface area contributed by atoms with Gasteiger partial charge in [-0.05, 0) is 30.3 Å². The number of furan rings is 1. The van der Waals surface area contributed by atoms with Gasteiger partial charge in [0.2, 0.25) is 0 Å². The third kappa shape index (κ3) is 4.66. The van der Waals surface area contributed by atoms with Crippen LogP contribution in [0.25, 0.3) is 11.3 Å². The molecule has 10 heteroatoms. The summed E-state index contributed by atoms with van der Waals surface area (Å²) in [6.07, 6.45) is 1.26. The van der Waals surface area contributed by atoms with Crippen LogP contribution < -0.4 is 5.43 Å². The lowest BCUT2D eigenvalue weighted by atomic mass is 10.1. The molecule has 29 heavy (non-hydrogen) atoms. The third-order valence-corrected chi connectivity index (χ3v) is 4.10. The number of carbonyl (C=O) groups excluding carboxylic acids is 1. The van der Waals surface area contributed by atoms with E-state index >= 15 is 0 Å². The van der Waals surface area contributed by atoms with E-state index in [1.165, 1.54) is 36.5 Å². The second-order valence-electron chi connectivity index (χ2n) is 5.71. The molecule has 3 aromatic rings.